The van der Waals surface area contributed by atoms with Gasteiger partial charge in [-0.1, -0.05) is 6.07 Å². The lowest BCUT2D eigenvalue weighted by Gasteiger charge is -2.11. The molecule has 0 radical (unpaired) electrons. The van der Waals surface area contributed by atoms with Crippen LogP contribution in [0.25, 0.3) is 0 Å². The number of ether oxygens (including phenoxy) is 1. The average molecular weight is 356 g/mol. The van der Waals surface area contributed by atoms with Gasteiger partial charge < -0.3 is 10.1 Å². The molecule has 2 aromatic carbocycles. The van der Waals surface area contributed by atoms with Gasteiger partial charge >= 0.3 is 12.2 Å². The largest absolute Gasteiger partial charge is 0.496 e. The average Bonchev–Trinajstić information content (AvgIpc) is 2.53. The minimum absolute atomic E-state index is 0.0267. The third-order valence-corrected chi connectivity index (χ3v) is 3.12. The van der Waals surface area contributed by atoms with Crippen molar-refractivity contribution in [2.45, 2.75) is 6.18 Å². The molecule has 0 bridgehead atoms. The molecule has 0 heterocycles. The van der Waals surface area contributed by atoms with Crippen LogP contribution in [0.5, 0.6) is 5.75 Å². The summed E-state index contributed by atoms with van der Waals surface area (Å²) >= 11 is 0. The molecular formula is C16H12F4N2O3. The van der Waals surface area contributed by atoms with Crippen LogP contribution >= 0.6 is 0 Å². The standard InChI is InChI=1S/C16H12F4N2O3/c1-25-12-4-2-3-11(17)13(12)14(23)22-15(24)21-10-7-5-9(6-8-10)16(18,19)20/h2-8H,1H3,(H2,21,22,23,24). The summed E-state index contributed by atoms with van der Waals surface area (Å²) in [7, 11) is 1.23. The van der Waals surface area contributed by atoms with Crippen LogP contribution < -0.4 is 15.4 Å². The van der Waals surface area contributed by atoms with Crippen molar-refractivity contribution in [3.05, 3.63) is 59.4 Å². The van der Waals surface area contributed by atoms with Crippen LogP contribution in [0.4, 0.5) is 28.0 Å². The topological polar surface area (TPSA) is 67.4 Å². The van der Waals surface area contributed by atoms with Gasteiger partial charge in [-0.2, -0.15) is 13.2 Å². The van der Waals surface area contributed by atoms with Crippen molar-refractivity contribution in [3.63, 3.8) is 0 Å². The second-order valence-corrected chi connectivity index (χ2v) is 4.80. The summed E-state index contributed by atoms with van der Waals surface area (Å²) < 4.78 is 56.0. The van der Waals surface area contributed by atoms with Crippen LogP contribution in [-0.4, -0.2) is 19.0 Å². The smallest absolute Gasteiger partial charge is 0.416 e. The van der Waals surface area contributed by atoms with Gasteiger partial charge in [0.05, 0.1) is 12.7 Å². The predicted molar refractivity (Wildman–Crippen MR) is 80.9 cm³/mol. The number of halogens is 4. The maximum absolute atomic E-state index is 13.7. The Bertz CT molecular complexity index is 789. The molecule has 0 aliphatic rings. The first-order valence-corrected chi connectivity index (χ1v) is 6.84. The van der Waals surface area contributed by atoms with Crippen molar-refractivity contribution in [3.8, 4) is 5.75 Å². The maximum Gasteiger partial charge on any atom is 0.416 e. The van der Waals surface area contributed by atoms with E-state index in [-0.39, 0.29) is 11.4 Å². The number of amides is 3. The number of hydrogen-bond acceptors (Lipinski definition) is 3. The highest BCUT2D eigenvalue weighted by Crippen LogP contribution is 2.29. The number of imide groups is 1. The van der Waals surface area contributed by atoms with E-state index in [1.54, 1.807) is 0 Å². The molecule has 0 spiro atoms. The van der Waals surface area contributed by atoms with Gasteiger partial charge in [0.25, 0.3) is 5.91 Å². The molecule has 0 aromatic heterocycles. The van der Waals surface area contributed by atoms with Crippen LogP contribution in [0, 0.1) is 5.82 Å². The number of methoxy groups -OCH3 is 1. The van der Waals surface area contributed by atoms with E-state index >= 15 is 0 Å². The molecule has 2 rings (SSSR count). The second-order valence-electron chi connectivity index (χ2n) is 4.80. The molecule has 0 fully saturated rings. The molecule has 5 nitrogen and oxygen atoms in total. The Morgan fingerprint density at radius 3 is 2.24 bits per heavy atom. The van der Waals surface area contributed by atoms with Gasteiger partial charge in [0.2, 0.25) is 0 Å². The summed E-state index contributed by atoms with van der Waals surface area (Å²) in [6.07, 6.45) is -4.50. The van der Waals surface area contributed by atoms with E-state index in [0.717, 1.165) is 30.3 Å². The van der Waals surface area contributed by atoms with Crippen LogP contribution in [0.2, 0.25) is 0 Å². The first-order valence-electron chi connectivity index (χ1n) is 6.84. The number of hydrogen-bond donors (Lipinski definition) is 2. The number of benzene rings is 2. The predicted octanol–water partition coefficient (Wildman–Crippen LogP) is 3.82. The summed E-state index contributed by atoms with van der Waals surface area (Å²) in [4.78, 5) is 23.8. The first kappa shape index (κ1) is 18.2. The van der Waals surface area contributed by atoms with Crippen molar-refractivity contribution < 1.29 is 31.9 Å². The lowest BCUT2D eigenvalue weighted by molar-refractivity contribution is -0.137. The zero-order chi connectivity index (χ0) is 18.6. The minimum Gasteiger partial charge on any atom is -0.496 e. The van der Waals surface area contributed by atoms with Crippen LogP contribution in [0.15, 0.2) is 42.5 Å². The van der Waals surface area contributed by atoms with Crippen LogP contribution in [0.1, 0.15) is 15.9 Å². The van der Waals surface area contributed by atoms with Crippen molar-refractivity contribution >= 4 is 17.6 Å². The number of urea groups is 1. The van der Waals surface area contributed by atoms with Crippen molar-refractivity contribution in [1.82, 2.24) is 5.32 Å². The van der Waals surface area contributed by atoms with Gasteiger partial charge in [-0.05, 0) is 36.4 Å². The van der Waals surface area contributed by atoms with Gasteiger partial charge in [-0.3, -0.25) is 10.1 Å². The van der Waals surface area contributed by atoms with E-state index in [2.05, 4.69) is 5.32 Å². The molecule has 2 aromatic rings. The molecule has 25 heavy (non-hydrogen) atoms. The Morgan fingerprint density at radius 2 is 1.68 bits per heavy atom. The third-order valence-electron chi connectivity index (χ3n) is 3.12. The number of carbonyl (C=O) groups is 2. The van der Waals surface area contributed by atoms with E-state index in [9.17, 15) is 27.2 Å². The van der Waals surface area contributed by atoms with E-state index in [1.165, 1.54) is 19.2 Å². The molecule has 2 N–H and O–H groups in total. The van der Waals surface area contributed by atoms with E-state index < -0.39 is 35.1 Å². The molecule has 0 saturated carbocycles. The summed E-state index contributed by atoms with van der Waals surface area (Å²) in [5.74, 6) is -2.02. The highest BCUT2D eigenvalue weighted by atomic mass is 19.4. The van der Waals surface area contributed by atoms with Crippen molar-refractivity contribution in [1.29, 1.82) is 0 Å². The summed E-state index contributed by atoms with van der Waals surface area (Å²) in [5, 5.41) is 4.05. The number of rotatable bonds is 3. The SMILES string of the molecule is COc1cccc(F)c1C(=O)NC(=O)Nc1ccc(C(F)(F)F)cc1. The normalized spacial score (nSPS) is 10.9. The first-order chi connectivity index (χ1) is 11.7. The monoisotopic (exact) mass is 356 g/mol. The Balaban J connectivity index is 2.07. The molecule has 0 unspecified atom stereocenters. The lowest BCUT2D eigenvalue weighted by Crippen LogP contribution is -2.35. The Hall–Kier alpha value is -3.10. The van der Waals surface area contributed by atoms with Gasteiger partial charge in [-0.25, -0.2) is 9.18 Å². The minimum atomic E-state index is -4.50. The zero-order valence-corrected chi connectivity index (χ0v) is 12.8. The summed E-state index contributed by atoms with van der Waals surface area (Å²) in [6, 6.07) is 6.25. The number of carbonyl (C=O) groups excluding carboxylic acids is 2. The highest BCUT2D eigenvalue weighted by Gasteiger charge is 2.30. The maximum atomic E-state index is 13.7. The molecule has 132 valence electrons. The zero-order valence-electron chi connectivity index (χ0n) is 12.8. The quantitative estimate of drug-likeness (QED) is 0.822. The Morgan fingerprint density at radius 1 is 1.04 bits per heavy atom. The molecule has 0 saturated heterocycles. The molecular weight excluding hydrogens is 344 g/mol. The Kier molecular flexibility index (Phi) is 5.26. The van der Waals surface area contributed by atoms with Crippen molar-refractivity contribution in [2.24, 2.45) is 0 Å². The summed E-state index contributed by atoms with van der Waals surface area (Å²) in [5.41, 5.74) is -1.32. The molecule has 9 heteroatoms. The highest BCUT2D eigenvalue weighted by molar-refractivity contribution is 6.09. The van der Waals surface area contributed by atoms with E-state index in [4.69, 9.17) is 4.74 Å². The fourth-order valence-corrected chi connectivity index (χ4v) is 1.97. The van der Waals surface area contributed by atoms with Gasteiger partial charge in [0, 0.05) is 5.69 Å². The van der Waals surface area contributed by atoms with E-state index in [0.29, 0.717) is 0 Å². The van der Waals surface area contributed by atoms with Gasteiger partial charge in [-0.15, -0.1) is 0 Å². The molecule has 0 atom stereocenters. The van der Waals surface area contributed by atoms with Crippen molar-refractivity contribution in [2.75, 3.05) is 12.4 Å². The van der Waals surface area contributed by atoms with Crippen LogP contribution in [0.3, 0.4) is 0 Å². The molecule has 0 aliphatic heterocycles. The van der Waals surface area contributed by atoms with Gasteiger partial charge in [0.15, 0.2) is 0 Å². The second kappa shape index (κ2) is 7.20. The lowest BCUT2D eigenvalue weighted by atomic mass is 10.1. The third kappa shape index (κ3) is 4.46. The van der Waals surface area contributed by atoms with Gasteiger partial charge in [0.1, 0.15) is 17.1 Å². The van der Waals surface area contributed by atoms with E-state index in [1.807, 2.05) is 5.32 Å². The molecule has 0 aliphatic carbocycles. The summed E-state index contributed by atoms with van der Waals surface area (Å²) in [6.45, 7) is 0. The number of anilines is 1. The Labute approximate surface area is 139 Å². The van der Waals surface area contributed by atoms with Crippen LogP contribution in [-0.2, 0) is 6.18 Å². The number of alkyl halides is 3. The molecule has 3 amide bonds. The fourth-order valence-electron chi connectivity index (χ4n) is 1.97. The fraction of sp³-hybridized carbons (Fsp3) is 0.125. The number of nitrogens with one attached hydrogen (secondary N) is 2.